The Morgan fingerprint density at radius 1 is 0.935 bits per heavy atom. The van der Waals surface area contributed by atoms with E-state index in [2.05, 4.69) is 18.7 Å². The first-order valence-corrected chi connectivity index (χ1v) is 14.7. The highest BCUT2D eigenvalue weighted by Crippen LogP contribution is 2.64. The van der Waals surface area contributed by atoms with Gasteiger partial charge in [0, 0.05) is 38.4 Å². The monoisotopic (exact) mass is 448 g/mol. The molecule has 4 aliphatic carbocycles. The molecule has 0 radical (unpaired) electrons. The summed E-state index contributed by atoms with van der Waals surface area (Å²) in [6, 6.07) is 0. The van der Waals surface area contributed by atoms with Crippen LogP contribution in [-0.2, 0) is 15.8 Å². The van der Waals surface area contributed by atoms with Crippen LogP contribution in [0.4, 0.5) is 0 Å². The standard InChI is InChI=1S/C26H44N2O2S/c1-18-4-6-20-19(16-18)5-7-22-21(20)10-11-26(2)23(22)8-9-24(26)25(29)17-27-12-14-28(15-13-27)31(3)30/h18-24H,4-17H2,1-3H3. The fraction of sp³-hybridized carbons (Fsp3) is 0.962. The van der Waals surface area contributed by atoms with Crippen molar-refractivity contribution in [2.24, 2.45) is 46.8 Å². The Morgan fingerprint density at radius 3 is 2.42 bits per heavy atom. The van der Waals surface area contributed by atoms with Crippen LogP contribution in [0.15, 0.2) is 0 Å². The lowest BCUT2D eigenvalue weighted by molar-refractivity contribution is -0.131. The number of carbonyl (C=O) groups is 1. The molecule has 4 saturated carbocycles. The largest absolute Gasteiger partial charge is 0.298 e. The van der Waals surface area contributed by atoms with Crippen LogP contribution in [-0.4, -0.2) is 58.2 Å². The summed E-state index contributed by atoms with van der Waals surface area (Å²) in [7, 11) is -0.881. The molecule has 1 saturated heterocycles. The Labute approximate surface area is 192 Å². The first kappa shape index (κ1) is 22.5. The molecule has 0 aromatic carbocycles. The Hall–Kier alpha value is -0.260. The first-order valence-electron chi connectivity index (χ1n) is 13.2. The van der Waals surface area contributed by atoms with Gasteiger partial charge < -0.3 is 0 Å². The van der Waals surface area contributed by atoms with Crippen molar-refractivity contribution < 1.29 is 9.00 Å². The van der Waals surface area contributed by atoms with Crippen molar-refractivity contribution >= 4 is 16.8 Å². The van der Waals surface area contributed by atoms with Gasteiger partial charge >= 0.3 is 0 Å². The summed E-state index contributed by atoms with van der Waals surface area (Å²) in [5, 5.41) is 0. The van der Waals surface area contributed by atoms with Crippen LogP contribution in [0.5, 0.6) is 0 Å². The molecule has 0 bridgehead atoms. The molecule has 0 aromatic heterocycles. The topological polar surface area (TPSA) is 40.6 Å². The van der Waals surface area contributed by atoms with Gasteiger partial charge in [-0.15, -0.1) is 0 Å². The molecule has 1 aliphatic heterocycles. The maximum absolute atomic E-state index is 13.5. The van der Waals surface area contributed by atoms with Gasteiger partial charge in [-0.3, -0.25) is 9.69 Å². The molecule has 9 atom stereocenters. The van der Waals surface area contributed by atoms with Crippen LogP contribution in [0.25, 0.3) is 0 Å². The first-order chi connectivity index (χ1) is 14.9. The number of hydrogen-bond donors (Lipinski definition) is 0. The van der Waals surface area contributed by atoms with Crippen LogP contribution in [0.2, 0.25) is 0 Å². The third kappa shape index (κ3) is 4.10. The summed E-state index contributed by atoms with van der Waals surface area (Å²) in [4.78, 5) is 15.8. The number of Topliss-reactive ketones (excluding diaryl/α,β-unsaturated/α-hetero) is 1. The number of rotatable bonds is 4. The number of fused-ring (bicyclic) bond motifs is 5. The Bertz CT molecular complexity index is 706. The molecule has 0 spiro atoms. The molecule has 0 N–H and O–H groups in total. The van der Waals surface area contributed by atoms with Crippen LogP contribution in [0.3, 0.4) is 0 Å². The molecule has 0 amide bonds. The van der Waals surface area contributed by atoms with E-state index < -0.39 is 11.0 Å². The summed E-state index contributed by atoms with van der Waals surface area (Å²) in [5.74, 6) is 6.38. The average Bonchev–Trinajstić information content (AvgIpc) is 3.11. The molecule has 31 heavy (non-hydrogen) atoms. The van der Waals surface area contributed by atoms with Gasteiger partial charge in [0.1, 0.15) is 5.78 Å². The summed E-state index contributed by atoms with van der Waals surface area (Å²) in [5.41, 5.74) is 0.250. The number of carbonyl (C=O) groups excluding carboxylic acids is 1. The summed E-state index contributed by atoms with van der Waals surface area (Å²) < 4.78 is 13.7. The smallest absolute Gasteiger partial charge is 0.150 e. The van der Waals surface area contributed by atoms with Gasteiger partial charge in [-0.1, -0.05) is 20.3 Å². The van der Waals surface area contributed by atoms with E-state index in [1.807, 2.05) is 4.31 Å². The maximum atomic E-state index is 13.5. The number of piperazine rings is 1. The van der Waals surface area contributed by atoms with Crippen molar-refractivity contribution in [3.05, 3.63) is 0 Å². The van der Waals surface area contributed by atoms with Crippen molar-refractivity contribution in [3.8, 4) is 0 Å². The van der Waals surface area contributed by atoms with Crippen molar-refractivity contribution in [3.63, 3.8) is 0 Å². The fourth-order valence-corrected chi connectivity index (χ4v) is 9.77. The van der Waals surface area contributed by atoms with Crippen LogP contribution in [0, 0.1) is 46.8 Å². The lowest BCUT2D eigenvalue weighted by Gasteiger charge is -2.56. The summed E-state index contributed by atoms with van der Waals surface area (Å²) in [6.45, 7) is 8.99. The molecule has 5 fully saturated rings. The quantitative estimate of drug-likeness (QED) is 0.641. The lowest BCUT2D eigenvalue weighted by Crippen LogP contribution is -2.51. The fourth-order valence-electron chi connectivity index (χ4n) is 9.09. The van der Waals surface area contributed by atoms with E-state index >= 15 is 0 Å². The lowest BCUT2D eigenvalue weighted by atomic mass is 9.49. The minimum Gasteiger partial charge on any atom is -0.298 e. The van der Waals surface area contributed by atoms with Crippen molar-refractivity contribution in [2.75, 3.05) is 39.0 Å². The van der Waals surface area contributed by atoms with Crippen LogP contribution < -0.4 is 0 Å². The van der Waals surface area contributed by atoms with E-state index in [0.717, 1.165) is 68.1 Å². The zero-order chi connectivity index (χ0) is 21.8. The van der Waals surface area contributed by atoms with Gasteiger partial charge in [-0.25, -0.2) is 8.51 Å². The van der Waals surface area contributed by atoms with E-state index in [0.29, 0.717) is 12.3 Å². The Kier molecular flexibility index (Phi) is 6.42. The molecule has 9 unspecified atom stereocenters. The summed E-state index contributed by atoms with van der Waals surface area (Å²) in [6.07, 6.45) is 14.2. The predicted octanol–water partition coefficient (Wildman–Crippen LogP) is 4.37. The van der Waals surface area contributed by atoms with Crippen molar-refractivity contribution in [2.45, 2.75) is 71.6 Å². The second-order valence-corrected chi connectivity index (χ2v) is 13.5. The second kappa shape index (κ2) is 8.83. The molecular weight excluding hydrogens is 404 g/mol. The van der Waals surface area contributed by atoms with E-state index in [1.165, 1.54) is 51.4 Å². The summed E-state index contributed by atoms with van der Waals surface area (Å²) >= 11 is 0. The van der Waals surface area contributed by atoms with Crippen molar-refractivity contribution in [1.82, 2.24) is 9.21 Å². The normalized spacial score (nSPS) is 47.3. The van der Waals surface area contributed by atoms with Gasteiger partial charge in [0.15, 0.2) is 0 Å². The van der Waals surface area contributed by atoms with E-state index in [9.17, 15) is 9.00 Å². The zero-order valence-electron chi connectivity index (χ0n) is 20.1. The predicted molar refractivity (Wildman–Crippen MR) is 127 cm³/mol. The van der Waals surface area contributed by atoms with E-state index in [4.69, 9.17) is 0 Å². The molecule has 5 rings (SSSR count). The number of ketones is 1. The molecular formula is C26H44N2O2S. The minimum atomic E-state index is -0.881. The van der Waals surface area contributed by atoms with Gasteiger partial charge in [0.25, 0.3) is 0 Å². The Morgan fingerprint density at radius 2 is 1.68 bits per heavy atom. The highest BCUT2D eigenvalue weighted by molar-refractivity contribution is 7.81. The second-order valence-electron chi connectivity index (χ2n) is 12.1. The SMILES string of the molecule is CC1CCC2C(CCC3C2CCC2(C)C(C(=O)CN4CCN(S(C)=O)CC4)CCC32)C1. The molecule has 1 heterocycles. The van der Waals surface area contributed by atoms with E-state index in [1.54, 1.807) is 6.26 Å². The molecule has 5 heteroatoms. The van der Waals surface area contributed by atoms with Gasteiger partial charge in [0.05, 0.1) is 17.5 Å². The molecule has 0 aromatic rings. The molecule has 4 nitrogen and oxygen atoms in total. The van der Waals surface area contributed by atoms with Crippen LogP contribution in [0.1, 0.15) is 71.6 Å². The van der Waals surface area contributed by atoms with E-state index in [-0.39, 0.29) is 11.3 Å². The third-order valence-corrected chi connectivity index (χ3v) is 11.8. The average molecular weight is 449 g/mol. The van der Waals surface area contributed by atoms with Gasteiger partial charge in [-0.05, 0) is 92.3 Å². The zero-order valence-corrected chi connectivity index (χ0v) is 20.9. The van der Waals surface area contributed by atoms with Crippen LogP contribution >= 0.6 is 0 Å². The highest BCUT2D eigenvalue weighted by Gasteiger charge is 2.58. The minimum absolute atomic E-state index is 0.250. The highest BCUT2D eigenvalue weighted by atomic mass is 32.2. The number of hydrogen-bond acceptors (Lipinski definition) is 3. The molecule has 176 valence electrons. The van der Waals surface area contributed by atoms with Gasteiger partial charge in [-0.2, -0.15) is 0 Å². The van der Waals surface area contributed by atoms with Gasteiger partial charge in [0.2, 0.25) is 0 Å². The third-order valence-electron chi connectivity index (χ3n) is 10.7. The Balaban J connectivity index is 1.22. The molecule has 5 aliphatic rings. The van der Waals surface area contributed by atoms with Crippen molar-refractivity contribution in [1.29, 1.82) is 0 Å². The number of nitrogens with zero attached hydrogens (tertiary/aromatic N) is 2. The maximum Gasteiger partial charge on any atom is 0.150 e.